The topological polar surface area (TPSA) is 51.9 Å². The average molecular weight is 305 g/mol. The molecule has 2 aliphatic rings. The van der Waals surface area contributed by atoms with Gasteiger partial charge in [-0.25, -0.2) is 4.39 Å². The molecule has 1 aromatic carbocycles. The Morgan fingerprint density at radius 2 is 1.95 bits per heavy atom. The first-order valence-corrected chi connectivity index (χ1v) is 7.73. The fourth-order valence-corrected chi connectivity index (χ4v) is 4.06. The SMILES string of the molecule is O=C(c1cc(F)cc2[nH]c(=S)[nH]c12)N1CC2CCCC2C1. The van der Waals surface area contributed by atoms with Gasteiger partial charge in [0.25, 0.3) is 5.91 Å². The average Bonchev–Trinajstić information content (AvgIpc) is 3.08. The van der Waals surface area contributed by atoms with Gasteiger partial charge in [0.05, 0.1) is 16.6 Å². The molecule has 2 heterocycles. The van der Waals surface area contributed by atoms with E-state index in [1.165, 1.54) is 31.4 Å². The van der Waals surface area contributed by atoms with Crippen molar-refractivity contribution in [2.75, 3.05) is 13.1 Å². The maximum atomic E-state index is 13.7. The predicted molar refractivity (Wildman–Crippen MR) is 80.2 cm³/mol. The molecule has 1 amide bonds. The summed E-state index contributed by atoms with van der Waals surface area (Å²) >= 11 is 5.04. The molecule has 1 saturated heterocycles. The molecule has 1 aliphatic carbocycles. The lowest BCUT2D eigenvalue weighted by atomic mass is 10.0. The van der Waals surface area contributed by atoms with Crippen LogP contribution in [0.15, 0.2) is 12.1 Å². The Morgan fingerprint density at radius 3 is 2.67 bits per heavy atom. The first-order valence-electron chi connectivity index (χ1n) is 7.32. The molecule has 2 N–H and O–H groups in total. The van der Waals surface area contributed by atoms with Crippen molar-refractivity contribution in [1.82, 2.24) is 14.9 Å². The number of H-pyrrole nitrogens is 2. The van der Waals surface area contributed by atoms with Gasteiger partial charge >= 0.3 is 0 Å². The molecule has 110 valence electrons. The van der Waals surface area contributed by atoms with Crippen LogP contribution in [0.5, 0.6) is 0 Å². The molecular formula is C15H16FN3OS. The second-order valence-electron chi connectivity index (χ2n) is 6.12. The van der Waals surface area contributed by atoms with Crippen LogP contribution in [-0.4, -0.2) is 33.9 Å². The van der Waals surface area contributed by atoms with Gasteiger partial charge in [-0.15, -0.1) is 0 Å². The summed E-state index contributed by atoms with van der Waals surface area (Å²) in [6.07, 6.45) is 3.69. The highest BCUT2D eigenvalue weighted by Crippen LogP contribution is 2.38. The summed E-state index contributed by atoms with van der Waals surface area (Å²) in [5.41, 5.74) is 1.52. The maximum absolute atomic E-state index is 13.7. The summed E-state index contributed by atoms with van der Waals surface area (Å²) in [5.74, 6) is 0.736. The monoisotopic (exact) mass is 305 g/mol. The number of nitrogens with zero attached hydrogens (tertiary/aromatic N) is 1. The van der Waals surface area contributed by atoms with Gasteiger partial charge in [0.1, 0.15) is 5.82 Å². The van der Waals surface area contributed by atoms with Crippen LogP contribution in [0.1, 0.15) is 29.6 Å². The summed E-state index contributed by atoms with van der Waals surface area (Å²) in [6.45, 7) is 1.60. The standard InChI is InChI=1S/C15H16FN3OS/c16-10-4-11(13-12(5-10)17-15(21)18-13)14(20)19-6-8-2-1-3-9(8)7-19/h4-5,8-9H,1-3,6-7H2,(H2,17,18,21). The Bertz CT molecular complexity index is 769. The van der Waals surface area contributed by atoms with Gasteiger partial charge in [-0.05, 0) is 49.0 Å². The molecule has 1 aliphatic heterocycles. The predicted octanol–water partition coefficient (Wildman–Crippen LogP) is 3.24. The molecule has 2 fully saturated rings. The Balaban J connectivity index is 1.72. The number of benzene rings is 1. The van der Waals surface area contributed by atoms with Crippen LogP contribution in [0.25, 0.3) is 11.0 Å². The number of amides is 1. The zero-order valence-electron chi connectivity index (χ0n) is 11.5. The van der Waals surface area contributed by atoms with E-state index in [4.69, 9.17) is 12.2 Å². The Kier molecular flexibility index (Phi) is 2.89. The minimum atomic E-state index is -0.421. The summed E-state index contributed by atoms with van der Waals surface area (Å²) < 4.78 is 14.2. The number of fused-ring (bicyclic) bond motifs is 2. The van der Waals surface area contributed by atoms with Crippen LogP contribution in [-0.2, 0) is 0 Å². The van der Waals surface area contributed by atoms with Crippen LogP contribution in [0.2, 0.25) is 0 Å². The molecule has 6 heteroatoms. The molecule has 0 spiro atoms. The third kappa shape index (κ3) is 2.09. The number of hydrogen-bond donors (Lipinski definition) is 2. The molecule has 0 bridgehead atoms. The van der Waals surface area contributed by atoms with Crippen LogP contribution < -0.4 is 0 Å². The molecule has 0 radical (unpaired) electrons. The Labute approximate surface area is 126 Å². The highest BCUT2D eigenvalue weighted by Gasteiger charge is 2.38. The highest BCUT2D eigenvalue weighted by atomic mass is 32.1. The van der Waals surface area contributed by atoms with Crippen molar-refractivity contribution >= 4 is 29.2 Å². The molecule has 1 saturated carbocycles. The maximum Gasteiger partial charge on any atom is 0.256 e. The zero-order chi connectivity index (χ0) is 14.6. The third-order valence-corrected chi connectivity index (χ3v) is 5.04. The summed E-state index contributed by atoms with van der Waals surface area (Å²) in [5, 5.41) is 0. The lowest BCUT2D eigenvalue weighted by Gasteiger charge is -2.17. The van der Waals surface area contributed by atoms with Crippen LogP contribution in [0.3, 0.4) is 0 Å². The fourth-order valence-electron chi connectivity index (χ4n) is 3.85. The molecule has 1 aromatic heterocycles. The van der Waals surface area contributed by atoms with E-state index < -0.39 is 5.82 Å². The van der Waals surface area contributed by atoms with E-state index in [-0.39, 0.29) is 5.91 Å². The van der Waals surface area contributed by atoms with E-state index in [1.807, 2.05) is 4.90 Å². The normalized spacial score (nSPS) is 24.7. The number of likely N-dealkylation sites (tertiary alicyclic amines) is 1. The quantitative estimate of drug-likeness (QED) is 0.795. The molecule has 21 heavy (non-hydrogen) atoms. The summed E-state index contributed by atoms with van der Waals surface area (Å²) in [7, 11) is 0. The van der Waals surface area contributed by atoms with Crippen molar-refractivity contribution < 1.29 is 9.18 Å². The molecule has 4 rings (SSSR count). The molecule has 2 atom stereocenters. The molecular weight excluding hydrogens is 289 g/mol. The van der Waals surface area contributed by atoms with Crippen LogP contribution in [0.4, 0.5) is 4.39 Å². The van der Waals surface area contributed by atoms with Gasteiger partial charge < -0.3 is 14.9 Å². The van der Waals surface area contributed by atoms with E-state index >= 15 is 0 Å². The van der Waals surface area contributed by atoms with Crippen molar-refractivity contribution in [3.8, 4) is 0 Å². The van der Waals surface area contributed by atoms with Crippen molar-refractivity contribution in [1.29, 1.82) is 0 Å². The van der Waals surface area contributed by atoms with E-state index in [0.717, 1.165) is 13.1 Å². The van der Waals surface area contributed by atoms with Gasteiger partial charge in [-0.2, -0.15) is 0 Å². The first kappa shape index (κ1) is 13.0. The zero-order valence-corrected chi connectivity index (χ0v) is 12.3. The smallest absolute Gasteiger partial charge is 0.256 e. The second kappa shape index (κ2) is 4.66. The van der Waals surface area contributed by atoms with Gasteiger partial charge in [0.15, 0.2) is 4.77 Å². The van der Waals surface area contributed by atoms with Crippen molar-refractivity contribution in [3.05, 3.63) is 28.3 Å². The number of nitrogens with one attached hydrogen (secondary N) is 2. The summed E-state index contributed by atoms with van der Waals surface area (Å²) in [4.78, 5) is 20.4. The minimum Gasteiger partial charge on any atom is -0.338 e. The third-order valence-electron chi connectivity index (χ3n) is 4.83. The number of rotatable bonds is 1. The molecule has 2 aromatic rings. The Morgan fingerprint density at radius 1 is 1.24 bits per heavy atom. The van der Waals surface area contributed by atoms with Gasteiger partial charge in [-0.3, -0.25) is 4.79 Å². The fraction of sp³-hybridized carbons (Fsp3) is 0.467. The van der Waals surface area contributed by atoms with Crippen LogP contribution in [0, 0.1) is 22.4 Å². The van der Waals surface area contributed by atoms with Crippen molar-refractivity contribution in [2.24, 2.45) is 11.8 Å². The van der Waals surface area contributed by atoms with Crippen molar-refractivity contribution in [3.63, 3.8) is 0 Å². The largest absolute Gasteiger partial charge is 0.338 e. The number of hydrogen-bond acceptors (Lipinski definition) is 2. The first-order chi connectivity index (χ1) is 10.1. The van der Waals surface area contributed by atoms with Gasteiger partial charge in [0.2, 0.25) is 0 Å². The summed E-state index contributed by atoms with van der Waals surface area (Å²) in [6, 6.07) is 2.66. The minimum absolute atomic E-state index is 0.0980. The number of carbonyl (C=O) groups is 1. The van der Waals surface area contributed by atoms with Crippen LogP contribution >= 0.6 is 12.2 Å². The van der Waals surface area contributed by atoms with Gasteiger partial charge in [-0.1, -0.05) is 6.42 Å². The number of imidazole rings is 1. The number of carbonyl (C=O) groups excluding carboxylic acids is 1. The highest BCUT2D eigenvalue weighted by molar-refractivity contribution is 7.71. The van der Waals surface area contributed by atoms with E-state index in [2.05, 4.69) is 9.97 Å². The van der Waals surface area contributed by atoms with E-state index in [9.17, 15) is 9.18 Å². The Hall–Kier alpha value is -1.69. The molecule has 2 unspecified atom stereocenters. The molecule has 4 nitrogen and oxygen atoms in total. The van der Waals surface area contributed by atoms with E-state index in [0.29, 0.717) is 33.2 Å². The second-order valence-corrected chi connectivity index (χ2v) is 6.52. The number of aromatic amines is 2. The van der Waals surface area contributed by atoms with Crippen molar-refractivity contribution in [2.45, 2.75) is 19.3 Å². The lowest BCUT2D eigenvalue weighted by Crippen LogP contribution is -2.29. The number of halogens is 1. The number of aromatic nitrogens is 2. The van der Waals surface area contributed by atoms with Gasteiger partial charge in [0, 0.05) is 13.1 Å². The van der Waals surface area contributed by atoms with E-state index in [1.54, 1.807) is 0 Å². The lowest BCUT2D eigenvalue weighted by molar-refractivity contribution is 0.0782.